The van der Waals surface area contributed by atoms with E-state index in [1.54, 1.807) is 39.6 Å². The average molecular weight is 475 g/mol. The number of ether oxygens (including phenoxy) is 2. The van der Waals surface area contributed by atoms with E-state index >= 15 is 0 Å². The van der Waals surface area contributed by atoms with E-state index in [4.69, 9.17) is 9.47 Å². The van der Waals surface area contributed by atoms with Gasteiger partial charge in [-0.1, -0.05) is 17.7 Å². The highest BCUT2D eigenvalue weighted by Gasteiger charge is 2.27. The molecule has 0 atom stereocenters. The largest absolute Gasteiger partial charge is 0.477 e. The molecule has 0 saturated heterocycles. The molecule has 1 aliphatic rings. The first-order valence-corrected chi connectivity index (χ1v) is 11.3. The van der Waals surface area contributed by atoms with Crippen molar-refractivity contribution in [1.82, 2.24) is 14.1 Å². The zero-order valence-electron chi connectivity index (χ0n) is 17.8. The average Bonchev–Trinajstić information content (AvgIpc) is 3.52. The molecule has 2 N–H and O–H groups in total. The normalized spacial score (nSPS) is 12.6. The standard InChI is InChI=1S/C24H17N3O6S/c1-12-2-4-17-14(6-12)20(27-22(28)15-9-34-10-16(15)25-24(27)31)21(23(29)30)26(17)8-13-3-5-18-19(7-13)33-11-32-18/h2-7,9-10H,8,11H2,1H3,(H,25,31)(H,29,30). The molecule has 170 valence electrons. The molecule has 0 saturated carbocycles. The van der Waals surface area contributed by atoms with Crippen molar-refractivity contribution < 1.29 is 19.4 Å². The quantitative estimate of drug-likeness (QED) is 0.411. The number of hydrogen-bond acceptors (Lipinski definition) is 6. The van der Waals surface area contributed by atoms with Crippen molar-refractivity contribution in [2.24, 2.45) is 0 Å². The third-order valence-corrected chi connectivity index (χ3v) is 6.68. The molecule has 6 rings (SSSR count). The van der Waals surface area contributed by atoms with Gasteiger partial charge in [-0.2, -0.15) is 0 Å². The van der Waals surface area contributed by atoms with Gasteiger partial charge in [-0.3, -0.25) is 4.79 Å². The molecule has 0 bridgehead atoms. The number of thiophene rings is 1. The molecule has 4 heterocycles. The number of aryl methyl sites for hydroxylation is 1. The SMILES string of the molecule is Cc1ccc2c(c1)c(-n1c(=O)[nH]c3cscc3c1=O)c(C(=O)O)n2Cc1ccc2c(c1)OCO2. The van der Waals surface area contributed by atoms with Crippen molar-refractivity contribution in [2.45, 2.75) is 13.5 Å². The Labute approximate surface area is 195 Å². The second-order valence-corrected chi connectivity index (χ2v) is 8.81. The summed E-state index contributed by atoms with van der Waals surface area (Å²) in [6, 6.07) is 10.9. The Kier molecular flexibility index (Phi) is 4.39. The van der Waals surface area contributed by atoms with E-state index in [0.717, 1.165) is 15.7 Å². The van der Waals surface area contributed by atoms with Gasteiger partial charge in [0.25, 0.3) is 5.56 Å². The van der Waals surface area contributed by atoms with Gasteiger partial charge < -0.3 is 24.1 Å². The van der Waals surface area contributed by atoms with Crippen molar-refractivity contribution in [3.8, 4) is 17.2 Å². The van der Waals surface area contributed by atoms with Gasteiger partial charge in [-0.25, -0.2) is 14.2 Å². The van der Waals surface area contributed by atoms with Crippen LogP contribution < -0.4 is 20.7 Å². The summed E-state index contributed by atoms with van der Waals surface area (Å²) >= 11 is 1.29. The van der Waals surface area contributed by atoms with Crippen LogP contribution in [-0.2, 0) is 6.54 Å². The van der Waals surface area contributed by atoms with Crippen LogP contribution in [0.15, 0.2) is 56.7 Å². The van der Waals surface area contributed by atoms with Crippen LogP contribution in [0.2, 0.25) is 0 Å². The number of aromatic carboxylic acids is 1. The van der Waals surface area contributed by atoms with Gasteiger partial charge in [0, 0.05) is 22.7 Å². The molecule has 3 aromatic heterocycles. The second-order valence-electron chi connectivity index (χ2n) is 8.07. The Morgan fingerprint density at radius 2 is 1.91 bits per heavy atom. The Morgan fingerprint density at radius 1 is 1.09 bits per heavy atom. The number of hydrogen-bond donors (Lipinski definition) is 2. The number of nitrogens with one attached hydrogen (secondary N) is 1. The number of rotatable bonds is 4. The van der Waals surface area contributed by atoms with Gasteiger partial charge in [0.1, 0.15) is 0 Å². The molecule has 0 fully saturated rings. The number of carbonyl (C=O) groups is 1. The zero-order valence-corrected chi connectivity index (χ0v) is 18.6. The third kappa shape index (κ3) is 2.96. The van der Waals surface area contributed by atoms with Crippen LogP contribution in [0.5, 0.6) is 11.5 Å². The van der Waals surface area contributed by atoms with E-state index in [0.29, 0.717) is 33.3 Å². The fraction of sp³-hybridized carbons (Fsp3) is 0.125. The molecule has 0 aliphatic carbocycles. The molecule has 34 heavy (non-hydrogen) atoms. The summed E-state index contributed by atoms with van der Waals surface area (Å²) in [7, 11) is 0. The van der Waals surface area contributed by atoms with Gasteiger partial charge in [0.2, 0.25) is 6.79 Å². The first-order valence-electron chi connectivity index (χ1n) is 10.4. The maximum Gasteiger partial charge on any atom is 0.354 e. The summed E-state index contributed by atoms with van der Waals surface area (Å²) in [5.41, 5.74) is 1.30. The highest BCUT2D eigenvalue weighted by atomic mass is 32.1. The Morgan fingerprint density at radius 3 is 2.74 bits per heavy atom. The predicted octanol–water partition coefficient (Wildman–Crippen LogP) is 3.48. The van der Waals surface area contributed by atoms with Crippen LogP contribution in [0, 0.1) is 6.92 Å². The van der Waals surface area contributed by atoms with E-state index in [-0.39, 0.29) is 24.7 Å². The number of fused-ring (bicyclic) bond motifs is 3. The minimum atomic E-state index is -1.25. The lowest BCUT2D eigenvalue weighted by Gasteiger charge is -2.10. The lowest BCUT2D eigenvalue weighted by Crippen LogP contribution is -2.34. The van der Waals surface area contributed by atoms with E-state index in [1.165, 1.54) is 11.3 Å². The Balaban J connectivity index is 1.67. The number of aromatic amines is 1. The van der Waals surface area contributed by atoms with E-state index in [2.05, 4.69) is 4.98 Å². The number of H-pyrrole nitrogens is 1. The van der Waals surface area contributed by atoms with Crippen LogP contribution in [0.25, 0.3) is 27.5 Å². The number of aromatic nitrogens is 3. The van der Waals surface area contributed by atoms with Gasteiger partial charge in [-0.05, 0) is 36.8 Å². The molecule has 0 unspecified atom stereocenters. The van der Waals surface area contributed by atoms with Crippen LogP contribution in [0.1, 0.15) is 21.6 Å². The topological polar surface area (TPSA) is 116 Å². The summed E-state index contributed by atoms with van der Waals surface area (Å²) in [6.45, 7) is 2.19. The summed E-state index contributed by atoms with van der Waals surface area (Å²) in [5, 5.41) is 14.4. The van der Waals surface area contributed by atoms with Gasteiger partial charge in [0.05, 0.1) is 22.1 Å². The summed E-state index contributed by atoms with van der Waals surface area (Å²) in [6.07, 6.45) is 0. The van der Waals surface area contributed by atoms with Crippen molar-refractivity contribution in [1.29, 1.82) is 0 Å². The molecular formula is C24H17N3O6S. The third-order valence-electron chi connectivity index (χ3n) is 5.94. The highest BCUT2D eigenvalue weighted by molar-refractivity contribution is 7.09. The maximum absolute atomic E-state index is 13.3. The smallest absolute Gasteiger partial charge is 0.354 e. The maximum atomic E-state index is 13.3. The Hall–Kier alpha value is -4.31. The molecular weight excluding hydrogens is 458 g/mol. The molecule has 2 aromatic carbocycles. The van der Waals surface area contributed by atoms with Crippen LogP contribution in [0.4, 0.5) is 0 Å². The van der Waals surface area contributed by atoms with Crippen molar-refractivity contribution >= 4 is 39.1 Å². The predicted molar refractivity (Wildman–Crippen MR) is 127 cm³/mol. The fourth-order valence-corrected chi connectivity index (χ4v) is 5.18. The molecule has 5 aromatic rings. The van der Waals surface area contributed by atoms with Gasteiger partial charge in [0.15, 0.2) is 17.2 Å². The monoisotopic (exact) mass is 475 g/mol. The van der Waals surface area contributed by atoms with Crippen LogP contribution in [0.3, 0.4) is 0 Å². The first kappa shape index (κ1) is 20.3. The Bertz CT molecular complexity index is 1760. The van der Waals surface area contributed by atoms with Crippen LogP contribution >= 0.6 is 11.3 Å². The minimum absolute atomic E-state index is 0.0475. The summed E-state index contributed by atoms with van der Waals surface area (Å²) < 4.78 is 13.4. The number of carboxylic acids is 1. The molecule has 10 heteroatoms. The van der Waals surface area contributed by atoms with Gasteiger partial charge in [-0.15, -0.1) is 11.3 Å². The summed E-state index contributed by atoms with van der Waals surface area (Å²) in [5.74, 6) is -0.0446. The highest BCUT2D eigenvalue weighted by Crippen LogP contribution is 2.35. The van der Waals surface area contributed by atoms with E-state index < -0.39 is 17.2 Å². The molecule has 0 radical (unpaired) electrons. The first-order chi connectivity index (χ1) is 16.4. The minimum Gasteiger partial charge on any atom is -0.477 e. The van der Waals surface area contributed by atoms with Gasteiger partial charge >= 0.3 is 11.7 Å². The summed E-state index contributed by atoms with van der Waals surface area (Å²) in [4.78, 5) is 41.6. The second kappa shape index (κ2) is 7.35. The lowest BCUT2D eigenvalue weighted by molar-refractivity contribution is 0.0686. The zero-order chi connectivity index (χ0) is 23.6. The molecule has 1 aliphatic heterocycles. The molecule has 9 nitrogen and oxygen atoms in total. The molecule has 0 spiro atoms. The van der Waals surface area contributed by atoms with E-state index in [9.17, 15) is 19.5 Å². The van der Waals surface area contributed by atoms with Crippen molar-refractivity contribution in [2.75, 3.05) is 6.79 Å². The lowest BCUT2D eigenvalue weighted by atomic mass is 10.1. The number of carboxylic acid groups (broad SMARTS) is 1. The van der Waals surface area contributed by atoms with Crippen LogP contribution in [-0.4, -0.2) is 32.0 Å². The number of nitrogens with zero attached hydrogens (tertiary/aromatic N) is 2. The molecule has 0 amide bonds. The fourth-order valence-electron chi connectivity index (χ4n) is 4.43. The van der Waals surface area contributed by atoms with Crippen molar-refractivity contribution in [3.63, 3.8) is 0 Å². The van der Waals surface area contributed by atoms with Crippen molar-refractivity contribution in [3.05, 3.63) is 84.8 Å². The van der Waals surface area contributed by atoms with E-state index in [1.807, 2.05) is 19.1 Å². The number of benzene rings is 2.